The molecule has 2 rings (SSSR count). The van der Waals surface area contributed by atoms with E-state index in [-0.39, 0.29) is 6.54 Å². The average molecular weight is 339 g/mol. The maximum absolute atomic E-state index is 12.2. The van der Waals surface area contributed by atoms with E-state index in [1.54, 1.807) is 0 Å². The van der Waals surface area contributed by atoms with Gasteiger partial charge in [0.1, 0.15) is 5.75 Å². The molecule has 0 aromatic heterocycles. The van der Waals surface area contributed by atoms with Crippen molar-refractivity contribution in [3.63, 3.8) is 0 Å². The topological polar surface area (TPSA) is 84.3 Å². The molecule has 0 aliphatic heterocycles. The van der Waals surface area contributed by atoms with Crippen molar-refractivity contribution >= 4 is 5.97 Å². The van der Waals surface area contributed by atoms with Crippen LogP contribution in [-0.4, -0.2) is 13.1 Å². The van der Waals surface area contributed by atoms with E-state index in [2.05, 4.69) is 16.9 Å². The maximum atomic E-state index is 12.2. The van der Waals surface area contributed by atoms with E-state index in [1.807, 2.05) is 48.5 Å². The molecular weight excluding hydrogens is 318 g/mol. The lowest BCUT2D eigenvalue weighted by Crippen LogP contribution is -2.20. The van der Waals surface area contributed by atoms with E-state index in [1.165, 1.54) is 7.11 Å². The van der Waals surface area contributed by atoms with Crippen molar-refractivity contribution in [3.05, 3.63) is 75.7 Å². The normalized spacial score (nSPS) is 11.3. The Bertz CT molecular complexity index is 756. The summed E-state index contributed by atoms with van der Waals surface area (Å²) in [5.41, 5.74) is 11.1. The first-order valence-electron chi connectivity index (χ1n) is 8.11. The quantitative estimate of drug-likeness (QED) is 0.301. The molecule has 0 spiro atoms. The van der Waals surface area contributed by atoms with Crippen molar-refractivity contribution in [1.29, 1.82) is 0 Å². The van der Waals surface area contributed by atoms with Gasteiger partial charge in [-0.15, -0.1) is 0 Å². The van der Waals surface area contributed by atoms with Gasteiger partial charge < -0.3 is 9.47 Å². The second kappa shape index (κ2) is 9.35. The summed E-state index contributed by atoms with van der Waals surface area (Å²) in [6, 6.07) is 14.8. The molecule has 6 nitrogen and oxygen atoms in total. The summed E-state index contributed by atoms with van der Waals surface area (Å²) in [6.45, 7) is 2.35. The number of rotatable bonds is 8. The van der Waals surface area contributed by atoms with Crippen molar-refractivity contribution in [1.82, 2.24) is 0 Å². The largest absolute Gasteiger partial charge is 0.474 e. The van der Waals surface area contributed by atoms with E-state index < -0.39 is 12.1 Å². The number of carbonyl (C=O) groups excluding carboxylic acids is 1. The molecule has 0 saturated heterocycles. The molecule has 2 aromatic carbocycles. The Kier molecular flexibility index (Phi) is 6.87. The molecular formula is C19H21N3O3. The number of azide groups is 1. The zero-order valence-electron chi connectivity index (χ0n) is 14.4. The molecule has 130 valence electrons. The highest BCUT2D eigenvalue weighted by Gasteiger charge is 2.24. The standard InChI is InChI=1S/C19H21N3O3/c1-3-7-16-12-14(13-21-22-20)10-11-17(16)25-18(19(23)24-2)15-8-5-4-6-9-15/h4-6,8-12,18H,3,7,13H2,1-2H3. The fraction of sp³-hybridized carbons (Fsp3) is 0.316. The van der Waals surface area contributed by atoms with E-state index in [0.29, 0.717) is 5.75 Å². The van der Waals surface area contributed by atoms with E-state index >= 15 is 0 Å². The van der Waals surface area contributed by atoms with Gasteiger partial charge in [-0.3, -0.25) is 0 Å². The van der Waals surface area contributed by atoms with E-state index in [4.69, 9.17) is 15.0 Å². The first-order chi connectivity index (χ1) is 12.2. The molecule has 0 aliphatic carbocycles. The number of benzene rings is 2. The third kappa shape index (κ3) is 4.99. The second-order valence-corrected chi connectivity index (χ2v) is 5.51. The van der Waals surface area contributed by atoms with Crippen LogP contribution in [0.4, 0.5) is 0 Å². The molecule has 0 amide bonds. The first-order valence-corrected chi connectivity index (χ1v) is 8.11. The van der Waals surface area contributed by atoms with Gasteiger partial charge in [0.15, 0.2) is 0 Å². The molecule has 0 N–H and O–H groups in total. The molecule has 25 heavy (non-hydrogen) atoms. The highest BCUT2D eigenvalue weighted by atomic mass is 16.6. The Labute approximate surface area is 147 Å². The Morgan fingerprint density at radius 3 is 2.64 bits per heavy atom. The van der Waals surface area contributed by atoms with Crippen molar-refractivity contribution in [2.75, 3.05) is 7.11 Å². The van der Waals surface area contributed by atoms with Crippen LogP contribution in [0.2, 0.25) is 0 Å². The molecule has 6 heteroatoms. The van der Waals surface area contributed by atoms with Crippen molar-refractivity contribution in [2.24, 2.45) is 5.11 Å². The smallest absolute Gasteiger partial charge is 0.351 e. The average Bonchev–Trinajstić information content (AvgIpc) is 2.66. The molecule has 0 radical (unpaired) electrons. The van der Waals surface area contributed by atoms with Crippen LogP contribution in [0.5, 0.6) is 5.75 Å². The fourth-order valence-electron chi connectivity index (χ4n) is 2.54. The van der Waals surface area contributed by atoms with Gasteiger partial charge in [0.05, 0.1) is 13.7 Å². The summed E-state index contributed by atoms with van der Waals surface area (Å²) in [7, 11) is 1.34. The summed E-state index contributed by atoms with van der Waals surface area (Å²) in [4.78, 5) is 15.0. The molecule has 0 saturated carbocycles. The zero-order valence-corrected chi connectivity index (χ0v) is 14.4. The minimum Gasteiger partial charge on any atom is -0.474 e. The minimum absolute atomic E-state index is 0.284. The van der Waals surface area contributed by atoms with Gasteiger partial charge in [-0.25, -0.2) is 4.79 Å². The number of hydrogen-bond donors (Lipinski definition) is 0. The summed E-state index contributed by atoms with van der Waals surface area (Å²) >= 11 is 0. The minimum atomic E-state index is -0.829. The highest BCUT2D eigenvalue weighted by Crippen LogP contribution is 2.28. The Morgan fingerprint density at radius 1 is 1.24 bits per heavy atom. The number of esters is 1. The number of ether oxygens (including phenoxy) is 2. The maximum Gasteiger partial charge on any atom is 0.351 e. The summed E-state index contributed by atoms with van der Waals surface area (Å²) < 4.78 is 10.9. The SMILES string of the molecule is CCCc1cc(CN=[N+]=[N-])ccc1OC(C(=O)OC)c1ccccc1. The predicted octanol–water partition coefficient (Wildman–Crippen LogP) is 4.74. The van der Waals surface area contributed by atoms with Crippen LogP contribution in [0.25, 0.3) is 10.4 Å². The van der Waals surface area contributed by atoms with Crippen molar-refractivity contribution in [3.8, 4) is 5.75 Å². The van der Waals surface area contributed by atoms with Crippen LogP contribution in [0.3, 0.4) is 0 Å². The number of hydrogen-bond acceptors (Lipinski definition) is 4. The van der Waals surface area contributed by atoms with Crippen LogP contribution in [0, 0.1) is 0 Å². The predicted molar refractivity (Wildman–Crippen MR) is 95.1 cm³/mol. The van der Waals surface area contributed by atoms with Crippen molar-refractivity contribution < 1.29 is 14.3 Å². The van der Waals surface area contributed by atoms with Crippen LogP contribution in [-0.2, 0) is 22.5 Å². The van der Waals surface area contributed by atoms with E-state index in [0.717, 1.165) is 29.5 Å². The fourth-order valence-corrected chi connectivity index (χ4v) is 2.54. The lowest BCUT2D eigenvalue weighted by Gasteiger charge is -2.20. The number of nitrogens with zero attached hydrogens (tertiary/aromatic N) is 3. The molecule has 0 aliphatic rings. The number of aryl methyl sites for hydroxylation is 1. The van der Waals surface area contributed by atoms with Gasteiger partial charge in [-0.1, -0.05) is 60.9 Å². The Morgan fingerprint density at radius 2 is 2.00 bits per heavy atom. The Hall–Kier alpha value is -2.98. The monoisotopic (exact) mass is 339 g/mol. The summed E-state index contributed by atoms with van der Waals surface area (Å²) in [6.07, 6.45) is 0.891. The summed E-state index contributed by atoms with van der Waals surface area (Å²) in [5, 5.41) is 3.59. The third-order valence-electron chi connectivity index (χ3n) is 3.72. The van der Waals surface area contributed by atoms with Gasteiger partial charge in [-0.05, 0) is 29.1 Å². The zero-order chi connectivity index (χ0) is 18.1. The molecule has 2 aromatic rings. The first kappa shape index (κ1) is 18.4. The molecule has 1 unspecified atom stereocenters. The highest BCUT2D eigenvalue weighted by molar-refractivity contribution is 5.77. The summed E-state index contributed by atoms with van der Waals surface area (Å²) in [5.74, 6) is 0.178. The molecule has 1 atom stereocenters. The molecule has 0 heterocycles. The van der Waals surface area contributed by atoms with Gasteiger partial charge >= 0.3 is 5.97 Å². The van der Waals surface area contributed by atoms with Gasteiger partial charge in [-0.2, -0.15) is 0 Å². The van der Waals surface area contributed by atoms with Gasteiger partial charge in [0.25, 0.3) is 0 Å². The lowest BCUT2D eigenvalue weighted by atomic mass is 10.0. The molecule has 0 bridgehead atoms. The van der Waals surface area contributed by atoms with Crippen LogP contribution in [0.1, 0.15) is 36.1 Å². The van der Waals surface area contributed by atoms with Gasteiger partial charge in [0, 0.05) is 10.5 Å². The van der Waals surface area contributed by atoms with Gasteiger partial charge in [0.2, 0.25) is 6.10 Å². The second-order valence-electron chi connectivity index (χ2n) is 5.51. The Balaban J connectivity index is 2.34. The van der Waals surface area contributed by atoms with Crippen LogP contribution >= 0.6 is 0 Å². The van der Waals surface area contributed by atoms with E-state index in [9.17, 15) is 4.79 Å². The van der Waals surface area contributed by atoms with Crippen molar-refractivity contribution in [2.45, 2.75) is 32.4 Å². The lowest BCUT2D eigenvalue weighted by molar-refractivity contribution is -0.149. The third-order valence-corrected chi connectivity index (χ3v) is 3.72. The number of carbonyl (C=O) groups is 1. The van der Waals surface area contributed by atoms with Crippen LogP contribution in [0.15, 0.2) is 53.6 Å². The molecule has 0 fully saturated rings. The van der Waals surface area contributed by atoms with Crippen LogP contribution < -0.4 is 4.74 Å². The number of methoxy groups -OCH3 is 1.